The first kappa shape index (κ1) is 21.9. The molecule has 1 heterocycles. The molecule has 3 rings (SSSR count). The Kier molecular flexibility index (Phi) is 6.86. The van der Waals surface area contributed by atoms with E-state index in [4.69, 9.17) is 4.74 Å². The van der Waals surface area contributed by atoms with Gasteiger partial charge in [0.2, 0.25) is 15.9 Å². The molecule has 30 heavy (non-hydrogen) atoms. The number of ether oxygens (including phenoxy) is 1. The number of benzene rings is 2. The Hall–Kier alpha value is -2.75. The van der Waals surface area contributed by atoms with Gasteiger partial charge >= 0.3 is 0 Å². The smallest absolute Gasteiger partial charge is 0.228 e. The van der Waals surface area contributed by atoms with Crippen LogP contribution < -0.4 is 10.0 Å². The summed E-state index contributed by atoms with van der Waals surface area (Å²) in [5, 5.41) is 3.45. The van der Waals surface area contributed by atoms with Gasteiger partial charge in [0.05, 0.1) is 18.8 Å². The first-order chi connectivity index (χ1) is 14.3. The molecule has 0 bridgehead atoms. The standard InChI is InChI=1S/C21H24FN3O4S/c1-14-18(19-11-16(22)6-7-20(19)24-14)12-21(26)25-17-5-3-4-15(10-17)13-30(27,28)23-8-9-29-2/h3-7,10-11,23-24H,8-9,12-13H2,1-2H3,(H,25,26). The Balaban J connectivity index is 1.69. The number of nitrogens with one attached hydrogen (secondary N) is 3. The lowest BCUT2D eigenvalue weighted by molar-refractivity contribution is -0.115. The van der Waals surface area contributed by atoms with Gasteiger partial charge in [-0.25, -0.2) is 17.5 Å². The second kappa shape index (κ2) is 9.38. The number of H-pyrrole nitrogens is 1. The number of hydrogen-bond donors (Lipinski definition) is 3. The number of sulfonamides is 1. The fourth-order valence-corrected chi connectivity index (χ4v) is 4.37. The molecule has 0 radical (unpaired) electrons. The predicted molar refractivity (Wildman–Crippen MR) is 114 cm³/mol. The fourth-order valence-electron chi connectivity index (χ4n) is 3.26. The van der Waals surface area contributed by atoms with Crippen molar-refractivity contribution in [1.29, 1.82) is 0 Å². The molecule has 1 aromatic heterocycles. The molecule has 0 saturated carbocycles. The topological polar surface area (TPSA) is 100 Å². The summed E-state index contributed by atoms with van der Waals surface area (Å²) < 4.78 is 45.1. The molecule has 0 unspecified atom stereocenters. The van der Waals surface area contributed by atoms with Crippen LogP contribution in [0, 0.1) is 12.7 Å². The average molecular weight is 434 g/mol. The minimum atomic E-state index is -3.51. The number of carbonyl (C=O) groups excluding carboxylic acids is 1. The number of aromatic amines is 1. The number of carbonyl (C=O) groups is 1. The van der Waals surface area contributed by atoms with Crippen LogP contribution in [-0.4, -0.2) is 39.6 Å². The minimum Gasteiger partial charge on any atom is -0.383 e. The lowest BCUT2D eigenvalue weighted by Gasteiger charge is -2.09. The Morgan fingerprint density at radius 3 is 2.77 bits per heavy atom. The van der Waals surface area contributed by atoms with Crippen LogP contribution in [-0.2, 0) is 31.7 Å². The Bertz CT molecular complexity index is 1160. The third kappa shape index (κ3) is 5.65. The van der Waals surface area contributed by atoms with Crippen molar-refractivity contribution in [3.8, 4) is 0 Å². The highest BCUT2D eigenvalue weighted by Crippen LogP contribution is 2.24. The lowest BCUT2D eigenvalue weighted by atomic mass is 10.1. The number of fused-ring (bicyclic) bond motifs is 1. The molecule has 0 atom stereocenters. The summed E-state index contributed by atoms with van der Waals surface area (Å²) in [4.78, 5) is 15.7. The van der Waals surface area contributed by atoms with Crippen molar-refractivity contribution in [3.05, 3.63) is 65.1 Å². The largest absolute Gasteiger partial charge is 0.383 e. The van der Waals surface area contributed by atoms with Crippen molar-refractivity contribution < 1.29 is 22.3 Å². The van der Waals surface area contributed by atoms with Crippen molar-refractivity contribution >= 4 is 32.5 Å². The monoisotopic (exact) mass is 433 g/mol. The van der Waals surface area contributed by atoms with Gasteiger partial charge in [0, 0.05) is 35.9 Å². The Labute approximate surface area is 174 Å². The lowest BCUT2D eigenvalue weighted by Crippen LogP contribution is -2.28. The van der Waals surface area contributed by atoms with Crippen LogP contribution in [0.5, 0.6) is 0 Å². The summed E-state index contributed by atoms with van der Waals surface area (Å²) in [5.41, 5.74) is 3.33. The van der Waals surface area contributed by atoms with E-state index >= 15 is 0 Å². The van der Waals surface area contributed by atoms with Gasteiger partial charge in [0.1, 0.15) is 5.82 Å². The third-order valence-corrected chi connectivity index (χ3v) is 5.97. The van der Waals surface area contributed by atoms with Crippen LogP contribution in [0.25, 0.3) is 10.9 Å². The average Bonchev–Trinajstić information content (AvgIpc) is 2.96. The van der Waals surface area contributed by atoms with Gasteiger partial charge in [-0.05, 0) is 48.4 Å². The van der Waals surface area contributed by atoms with E-state index in [9.17, 15) is 17.6 Å². The van der Waals surface area contributed by atoms with Gasteiger partial charge in [-0.3, -0.25) is 4.79 Å². The maximum absolute atomic E-state index is 13.6. The summed E-state index contributed by atoms with van der Waals surface area (Å²) in [6.07, 6.45) is 0.0659. The number of rotatable bonds is 9. The Morgan fingerprint density at radius 1 is 1.20 bits per heavy atom. The van der Waals surface area contributed by atoms with Crippen LogP contribution in [0.2, 0.25) is 0 Å². The van der Waals surface area contributed by atoms with E-state index in [1.165, 1.54) is 19.2 Å². The molecule has 9 heteroatoms. The van der Waals surface area contributed by atoms with Gasteiger partial charge in [0.25, 0.3) is 0 Å². The molecule has 7 nitrogen and oxygen atoms in total. The number of aryl methyl sites for hydroxylation is 1. The van der Waals surface area contributed by atoms with E-state index in [-0.39, 0.29) is 37.0 Å². The van der Waals surface area contributed by atoms with Crippen LogP contribution >= 0.6 is 0 Å². The zero-order valence-corrected chi connectivity index (χ0v) is 17.6. The van der Waals surface area contributed by atoms with Crippen molar-refractivity contribution in [3.63, 3.8) is 0 Å². The molecule has 3 N–H and O–H groups in total. The molecule has 0 aliphatic carbocycles. The summed E-state index contributed by atoms with van der Waals surface area (Å²) in [6.45, 7) is 2.31. The van der Waals surface area contributed by atoms with E-state index in [1.807, 2.05) is 6.92 Å². The summed E-state index contributed by atoms with van der Waals surface area (Å²) >= 11 is 0. The maximum Gasteiger partial charge on any atom is 0.228 e. The van der Waals surface area contributed by atoms with E-state index in [2.05, 4.69) is 15.0 Å². The van der Waals surface area contributed by atoms with Gasteiger partial charge in [0.15, 0.2) is 0 Å². The van der Waals surface area contributed by atoms with E-state index in [0.717, 1.165) is 16.8 Å². The molecule has 0 fully saturated rings. The van der Waals surface area contributed by atoms with Crippen molar-refractivity contribution in [2.45, 2.75) is 19.1 Å². The highest BCUT2D eigenvalue weighted by Gasteiger charge is 2.15. The molecule has 0 aliphatic rings. The molecule has 160 valence electrons. The first-order valence-electron chi connectivity index (χ1n) is 9.39. The third-order valence-electron chi connectivity index (χ3n) is 4.61. The van der Waals surface area contributed by atoms with E-state index in [0.29, 0.717) is 16.6 Å². The van der Waals surface area contributed by atoms with Crippen molar-refractivity contribution in [1.82, 2.24) is 9.71 Å². The number of aromatic nitrogens is 1. The quantitative estimate of drug-likeness (QED) is 0.452. The molecule has 3 aromatic rings. The van der Waals surface area contributed by atoms with Crippen molar-refractivity contribution in [2.75, 3.05) is 25.6 Å². The Morgan fingerprint density at radius 2 is 2.00 bits per heavy atom. The summed E-state index contributed by atoms with van der Waals surface area (Å²) in [6, 6.07) is 11.1. The highest BCUT2D eigenvalue weighted by atomic mass is 32.2. The first-order valence-corrected chi connectivity index (χ1v) is 11.0. The number of halogens is 1. The second-order valence-electron chi connectivity index (χ2n) is 6.99. The van der Waals surface area contributed by atoms with Gasteiger partial charge < -0.3 is 15.0 Å². The molecule has 0 saturated heterocycles. The van der Waals surface area contributed by atoms with Gasteiger partial charge in [-0.1, -0.05) is 12.1 Å². The van der Waals surface area contributed by atoms with Crippen LogP contribution in [0.15, 0.2) is 42.5 Å². The minimum absolute atomic E-state index is 0.0659. The number of methoxy groups -OCH3 is 1. The van der Waals surface area contributed by atoms with E-state index in [1.54, 1.807) is 30.3 Å². The van der Waals surface area contributed by atoms with Crippen LogP contribution in [0.1, 0.15) is 16.8 Å². The summed E-state index contributed by atoms with van der Waals surface area (Å²) in [5.74, 6) is -0.848. The van der Waals surface area contributed by atoms with Gasteiger partial charge in [-0.2, -0.15) is 0 Å². The number of anilines is 1. The molecular formula is C21H24FN3O4S. The zero-order valence-electron chi connectivity index (χ0n) is 16.8. The molecule has 2 aromatic carbocycles. The van der Waals surface area contributed by atoms with Crippen LogP contribution in [0.4, 0.5) is 10.1 Å². The molecular weight excluding hydrogens is 409 g/mol. The van der Waals surface area contributed by atoms with Crippen LogP contribution in [0.3, 0.4) is 0 Å². The number of hydrogen-bond acceptors (Lipinski definition) is 4. The zero-order chi connectivity index (χ0) is 21.7. The SMILES string of the molecule is COCCNS(=O)(=O)Cc1cccc(NC(=O)Cc2c(C)[nH]c3ccc(F)cc23)c1. The fraction of sp³-hybridized carbons (Fsp3) is 0.286. The maximum atomic E-state index is 13.6. The van der Waals surface area contributed by atoms with Gasteiger partial charge in [-0.15, -0.1) is 0 Å². The van der Waals surface area contributed by atoms with Crippen molar-refractivity contribution in [2.24, 2.45) is 0 Å². The molecule has 0 spiro atoms. The highest BCUT2D eigenvalue weighted by molar-refractivity contribution is 7.88. The predicted octanol–water partition coefficient (Wildman–Crippen LogP) is 2.86. The number of amides is 1. The second-order valence-corrected chi connectivity index (χ2v) is 8.80. The molecule has 0 aliphatic heterocycles. The van der Waals surface area contributed by atoms with E-state index < -0.39 is 10.0 Å². The normalized spacial score (nSPS) is 11.7. The molecule has 1 amide bonds. The summed E-state index contributed by atoms with van der Waals surface area (Å²) in [7, 11) is -2.01.